The zero-order valence-corrected chi connectivity index (χ0v) is 19.2. The van der Waals surface area contributed by atoms with Crippen molar-refractivity contribution in [2.45, 2.75) is 38.3 Å². The summed E-state index contributed by atoms with van der Waals surface area (Å²) in [6.07, 6.45) is 3.55. The average molecular weight is 474 g/mol. The second-order valence-corrected chi connectivity index (χ2v) is 9.14. The van der Waals surface area contributed by atoms with E-state index in [4.69, 9.17) is 15.3 Å². The van der Waals surface area contributed by atoms with Crippen molar-refractivity contribution >= 4 is 17.4 Å². The lowest BCUT2D eigenvalue weighted by molar-refractivity contribution is 0.0601. The first-order valence-corrected chi connectivity index (χ1v) is 11.6. The molecule has 10 heteroatoms. The summed E-state index contributed by atoms with van der Waals surface area (Å²) in [6, 6.07) is 9.42. The fraction of sp³-hybridized carbons (Fsp3) is 0.400. The van der Waals surface area contributed by atoms with Crippen molar-refractivity contribution in [2.75, 3.05) is 24.5 Å². The first-order chi connectivity index (χ1) is 16.9. The number of fused-ring (bicyclic) bond motifs is 1. The number of rotatable bonds is 3. The zero-order valence-electron chi connectivity index (χ0n) is 19.2. The van der Waals surface area contributed by atoms with Crippen LogP contribution in [0.2, 0.25) is 0 Å². The Bertz CT molecular complexity index is 1390. The summed E-state index contributed by atoms with van der Waals surface area (Å²) in [7, 11) is 0. The minimum Gasteiger partial charge on any atom is -0.390 e. The molecule has 0 bridgehead atoms. The summed E-state index contributed by atoms with van der Waals surface area (Å²) >= 11 is 0. The normalized spacial score (nSPS) is 22.3. The molecule has 178 valence electrons. The molecule has 3 atom stereocenters. The highest BCUT2D eigenvalue weighted by molar-refractivity contribution is 5.95. The molecule has 0 spiro atoms. The second-order valence-electron chi connectivity index (χ2n) is 9.14. The number of benzene rings is 1. The molecule has 3 aromatic rings. The molecular formula is C25H24FN7O2. The molecule has 4 heterocycles. The van der Waals surface area contributed by atoms with Gasteiger partial charge in [0.1, 0.15) is 11.6 Å². The van der Waals surface area contributed by atoms with E-state index in [2.05, 4.69) is 6.07 Å². The van der Waals surface area contributed by atoms with Crippen molar-refractivity contribution < 1.29 is 14.3 Å². The molecule has 5 rings (SSSR count). The molecule has 1 N–H and O–H groups in total. The Balaban J connectivity index is 1.46. The number of aliphatic hydroxyl groups is 1. The molecule has 0 aliphatic carbocycles. The van der Waals surface area contributed by atoms with Crippen LogP contribution >= 0.6 is 0 Å². The molecule has 35 heavy (non-hydrogen) atoms. The van der Waals surface area contributed by atoms with Crippen LogP contribution in [0, 0.1) is 41.3 Å². The number of aliphatic hydroxyl groups excluding tert-OH is 1. The van der Waals surface area contributed by atoms with E-state index in [0.717, 1.165) is 24.5 Å². The van der Waals surface area contributed by atoms with E-state index in [1.54, 1.807) is 9.42 Å². The third-order valence-corrected chi connectivity index (χ3v) is 6.81. The van der Waals surface area contributed by atoms with E-state index in [0.29, 0.717) is 43.2 Å². The van der Waals surface area contributed by atoms with Gasteiger partial charge in [-0.15, -0.1) is 0 Å². The van der Waals surface area contributed by atoms with Gasteiger partial charge in [0.15, 0.2) is 5.65 Å². The van der Waals surface area contributed by atoms with E-state index in [1.165, 1.54) is 12.1 Å². The molecular weight excluding hydrogens is 449 g/mol. The average Bonchev–Trinajstić information content (AvgIpc) is 3.45. The van der Waals surface area contributed by atoms with Gasteiger partial charge in [0.2, 0.25) is 0 Å². The first-order valence-electron chi connectivity index (χ1n) is 11.6. The summed E-state index contributed by atoms with van der Waals surface area (Å²) in [5.41, 5.74) is 2.23. The second kappa shape index (κ2) is 8.97. The number of halogens is 1. The molecule has 2 aliphatic heterocycles. The van der Waals surface area contributed by atoms with Crippen LogP contribution < -0.4 is 4.90 Å². The molecule has 9 nitrogen and oxygen atoms in total. The number of nitriles is 2. The predicted octanol–water partition coefficient (Wildman–Crippen LogP) is 2.74. The minimum absolute atomic E-state index is 0.0597. The fourth-order valence-corrected chi connectivity index (χ4v) is 4.98. The van der Waals surface area contributed by atoms with Crippen LogP contribution in [0.5, 0.6) is 0 Å². The maximum atomic E-state index is 14.6. The molecule has 2 aromatic heterocycles. The lowest BCUT2D eigenvalue weighted by Crippen LogP contribution is -2.39. The van der Waals surface area contributed by atoms with Crippen molar-refractivity contribution in [3.63, 3.8) is 0 Å². The Hall–Kier alpha value is -4.02. The zero-order chi connectivity index (χ0) is 24.7. The summed E-state index contributed by atoms with van der Waals surface area (Å²) in [5.74, 6) is -0.903. The number of piperidine rings is 1. The van der Waals surface area contributed by atoms with Crippen molar-refractivity contribution in [1.29, 1.82) is 10.5 Å². The number of carbonyl (C=O) groups is 1. The summed E-state index contributed by atoms with van der Waals surface area (Å²) in [5, 5.41) is 33.1. The predicted molar refractivity (Wildman–Crippen MR) is 124 cm³/mol. The third kappa shape index (κ3) is 4.07. The summed E-state index contributed by atoms with van der Waals surface area (Å²) in [4.78, 5) is 21.6. The molecule has 0 saturated carbocycles. The number of β-amino-alcohol motifs (C(OH)–C–C–N with tert-alkyl or cyclic N) is 1. The van der Waals surface area contributed by atoms with Crippen molar-refractivity contribution in [2.24, 2.45) is 5.92 Å². The summed E-state index contributed by atoms with van der Waals surface area (Å²) in [6.45, 7) is 3.13. The Labute approximate surface area is 201 Å². The molecule has 1 amide bonds. The SMILES string of the molecule is Cc1cn2nc([C@@H]3CCCCN3C(=O)c3ccc(C#N)cc3F)cc2nc1N1C[C@@H](C#N)[C@@H](O)C1. The highest BCUT2D eigenvalue weighted by Crippen LogP contribution is 2.33. The van der Waals surface area contributed by atoms with Crippen molar-refractivity contribution in [3.05, 3.63) is 58.7 Å². The van der Waals surface area contributed by atoms with E-state index in [-0.39, 0.29) is 17.2 Å². The lowest BCUT2D eigenvalue weighted by atomic mass is 9.98. The lowest BCUT2D eigenvalue weighted by Gasteiger charge is -2.34. The van der Waals surface area contributed by atoms with Gasteiger partial charge in [0.25, 0.3) is 5.91 Å². The van der Waals surface area contributed by atoms with Crippen LogP contribution in [-0.2, 0) is 0 Å². The molecule has 0 unspecified atom stereocenters. The van der Waals surface area contributed by atoms with Gasteiger partial charge in [-0.2, -0.15) is 15.6 Å². The number of hydrogen-bond donors (Lipinski definition) is 1. The number of carbonyl (C=O) groups excluding carboxylic acids is 1. The van der Waals surface area contributed by atoms with Gasteiger partial charge in [-0.3, -0.25) is 4.79 Å². The van der Waals surface area contributed by atoms with Crippen LogP contribution in [-0.4, -0.2) is 56.2 Å². The van der Waals surface area contributed by atoms with Crippen LogP contribution in [0.15, 0.2) is 30.5 Å². The van der Waals surface area contributed by atoms with Crippen LogP contribution in [0.4, 0.5) is 10.2 Å². The van der Waals surface area contributed by atoms with Crippen LogP contribution in [0.1, 0.15) is 52.5 Å². The molecule has 2 aliphatic rings. The standard InChI is InChI=1S/C25H24FN7O2/c1-15-12-33-23(29-24(15)31-13-17(11-28)22(34)14-31)9-20(30-33)21-4-2-3-7-32(21)25(35)18-6-5-16(10-27)8-19(18)26/h5-6,8-9,12,17,21-22,34H,2-4,7,13-14H2,1H3/t17-,21+,22+/m1/s1. The highest BCUT2D eigenvalue weighted by atomic mass is 19.1. The van der Waals surface area contributed by atoms with Gasteiger partial charge in [-0.1, -0.05) is 0 Å². The van der Waals surface area contributed by atoms with Gasteiger partial charge < -0.3 is 14.9 Å². The number of aryl methyl sites for hydroxylation is 1. The topological polar surface area (TPSA) is 122 Å². The highest BCUT2D eigenvalue weighted by Gasteiger charge is 2.34. The maximum absolute atomic E-state index is 14.6. The number of aromatic nitrogens is 3. The third-order valence-electron chi connectivity index (χ3n) is 6.81. The molecule has 2 saturated heterocycles. The number of anilines is 1. The molecule has 2 fully saturated rings. The smallest absolute Gasteiger partial charge is 0.257 e. The van der Waals surface area contributed by atoms with Crippen LogP contribution in [0.25, 0.3) is 5.65 Å². The van der Waals surface area contributed by atoms with E-state index in [1.807, 2.05) is 30.2 Å². The van der Waals surface area contributed by atoms with E-state index in [9.17, 15) is 19.6 Å². The van der Waals surface area contributed by atoms with E-state index >= 15 is 0 Å². The van der Waals surface area contributed by atoms with Gasteiger partial charge in [0, 0.05) is 37.5 Å². The van der Waals surface area contributed by atoms with Crippen LogP contribution in [0.3, 0.4) is 0 Å². The first kappa shape index (κ1) is 22.8. The number of likely N-dealkylation sites (tertiary alicyclic amines) is 1. The fourth-order valence-electron chi connectivity index (χ4n) is 4.98. The van der Waals surface area contributed by atoms with Gasteiger partial charge in [0.05, 0.1) is 47.0 Å². The number of hydrogen-bond acceptors (Lipinski definition) is 7. The summed E-state index contributed by atoms with van der Waals surface area (Å²) < 4.78 is 16.3. The maximum Gasteiger partial charge on any atom is 0.257 e. The molecule has 0 radical (unpaired) electrons. The number of amides is 1. The monoisotopic (exact) mass is 473 g/mol. The Kier molecular flexibility index (Phi) is 5.83. The minimum atomic E-state index is -0.720. The van der Waals surface area contributed by atoms with Gasteiger partial charge in [-0.05, 0) is 44.4 Å². The van der Waals surface area contributed by atoms with Crippen molar-refractivity contribution in [3.8, 4) is 12.1 Å². The number of nitrogens with zero attached hydrogens (tertiary/aromatic N) is 7. The van der Waals surface area contributed by atoms with Gasteiger partial charge >= 0.3 is 0 Å². The quantitative estimate of drug-likeness (QED) is 0.621. The van der Waals surface area contributed by atoms with Crippen molar-refractivity contribution in [1.82, 2.24) is 19.5 Å². The van der Waals surface area contributed by atoms with Gasteiger partial charge in [-0.25, -0.2) is 13.9 Å². The molecule has 1 aromatic carbocycles. The Morgan fingerprint density at radius 2 is 2.06 bits per heavy atom. The Morgan fingerprint density at radius 3 is 2.77 bits per heavy atom. The Morgan fingerprint density at radius 1 is 1.23 bits per heavy atom. The largest absolute Gasteiger partial charge is 0.390 e. The van der Waals surface area contributed by atoms with E-state index < -0.39 is 23.7 Å².